The van der Waals surface area contributed by atoms with Crippen LogP contribution in [0.3, 0.4) is 0 Å². The number of carbonyl (C=O) groups is 4. The van der Waals surface area contributed by atoms with E-state index in [4.69, 9.17) is 14.5 Å². The summed E-state index contributed by atoms with van der Waals surface area (Å²) in [5.74, 6) is 0.622. The van der Waals surface area contributed by atoms with Crippen molar-refractivity contribution >= 4 is 51.0 Å². The molecule has 0 bridgehead atoms. The number of anilines is 1. The number of nitrogens with one attached hydrogen (secondary N) is 2. The van der Waals surface area contributed by atoms with Crippen molar-refractivity contribution in [1.82, 2.24) is 25.2 Å². The number of aromatic nitrogens is 3. The Balaban J connectivity index is 0.876. The largest absolute Gasteiger partial charge is 0.497 e. The van der Waals surface area contributed by atoms with Gasteiger partial charge in [0.2, 0.25) is 17.7 Å². The molecule has 0 spiro atoms. The maximum absolute atomic E-state index is 12.9. The minimum atomic E-state index is -0.665. The van der Waals surface area contributed by atoms with Gasteiger partial charge in [-0.3, -0.25) is 29.5 Å². The topological polar surface area (TPSA) is 153 Å². The molecule has 13 heteroatoms. The van der Waals surface area contributed by atoms with E-state index in [0.29, 0.717) is 36.6 Å². The van der Waals surface area contributed by atoms with Crippen LogP contribution in [0.4, 0.5) is 5.82 Å². The Morgan fingerprint density at radius 2 is 1.83 bits per heavy atom. The SMILES string of the molecule is COc1ccc2nc(-c3ccc(-c4ccc(NC(=O)CCCOc5ccc6c(c5)CN(C5CCC(=O)NC5=O)C6=O)nc4)nc3)sc2c1. The molecule has 0 aliphatic carbocycles. The number of ether oxygens (including phenoxy) is 2. The summed E-state index contributed by atoms with van der Waals surface area (Å²) in [6.07, 6.45) is 4.68. The highest BCUT2D eigenvalue weighted by molar-refractivity contribution is 7.21. The number of benzene rings is 2. The Labute approximate surface area is 279 Å². The third-order valence-electron chi connectivity index (χ3n) is 8.24. The van der Waals surface area contributed by atoms with Crippen molar-refractivity contribution in [3.63, 3.8) is 0 Å². The quantitative estimate of drug-likeness (QED) is 0.156. The number of piperidine rings is 1. The van der Waals surface area contributed by atoms with Crippen molar-refractivity contribution in [3.8, 4) is 33.3 Å². The average molecular weight is 663 g/mol. The van der Waals surface area contributed by atoms with Crippen molar-refractivity contribution in [2.75, 3.05) is 19.0 Å². The molecule has 0 saturated carbocycles. The molecule has 3 aromatic heterocycles. The first-order valence-electron chi connectivity index (χ1n) is 15.4. The molecule has 12 nitrogen and oxygen atoms in total. The molecule has 4 amide bonds. The van der Waals surface area contributed by atoms with Crippen LogP contribution in [0.25, 0.3) is 32.0 Å². The minimum Gasteiger partial charge on any atom is -0.497 e. The van der Waals surface area contributed by atoms with Gasteiger partial charge in [0, 0.05) is 48.5 Å². The first-order valence-corrected chi connectivity index (χ1v) is 16.2. The fraction of sp³-hybridized carbons (Fsp3) is 0.229. The predicted octanol–water partition coefficient (Wildman–Crippen LogP) is 4.99. The van der Waals surface area contributed by atoms with E-state index in [1.807, 2.05) is 36.4 Å². The standard InChI is InChI=1S/C35H30N6O6S/c1-46-23-7-10-27-29(16-23)48-34(38-27)21-4-9-26(36-18-21)20-5-12-30(37-17-20)39-31(42)3-2-14-47-24-6-8-25-22(15-24)19-41(35(25)45)28-11-13-32(43)40-33(28)44/h4-10,12,15-18,28H,2-3,11,13-14,19H2,1H3,(H,37,39,42)(H,40,43,44). The number of hydrogen-bond donors (Lipinski definition) is 2. The molecule has 1 saturated heterocycles. The zero-order valence-electron chi connectivity index (χ0n) is 25.9. The number of methoxy groups -OCH3 is 1. The minimum absolute atomic E-state index is 0.186. The Morgan fingerprint density at radius 1 is 1.00 bits per heavy atom. The number of fused-ring (bicyclic) bond motifs is 2. The third-order valence-corrected chi connectivity index (χ3v) is 9.31. The predicted molar refractivity (Wildman–Crippen MR) is 178 cm³/mol. The Morgan fingerprint density at radius 3 is 2.60 bits per heavy atom. The summed E-state index contributed by atoms with van der Waals surface area (Å²) in [5, 5.41) is 5.99. The summed E-state index contributed by atoms with van der Waals surface area (Å²) in [7, 11) is 1.64. The number of hydrogen-bond acceptors (Lipinski definition) is 10. The van der Waals surface area contributed by atoms with Gasteiger partial charge in [0.05, 0.1) is 29.6 Å². The highest BCUT2D eigenvalue weighted by atomic mass is 32.1. The number of carbonyl (C=O) groups excluding carboxylic acids is 4. The van der Waals surface area contributed by atoms with Crippen molar-refractivity contribution in [1.29, 1.82) is 0 Å². The highest BCUT2D eigenvalue weighted by Gasteiger charge is 2.39. The first kappa shape index (κ1) is 30.9. The van der Waals surface area contributed by atoms with E-state index in [-0.39, 0.29) is 37.1 Å². The zero-order chi connectivity index (χ0) is 33.2. The molecule has 1 unspecified atom stereocenters. The van der Waals surface area contributed by atoms with E-state index >= 15 is 0 Å². The van der Waals surface area contributed by atoms with Crippen LogP contribution in [-0.4, -0.2) is 63.2 Å². The highest BCUT2D eigenvalue weighted by Crippen LogP contribution is 2.33. The molecule has 2 N–H and O–H groups in total. The Hall–Kier alpha value is -5.69. The van der Waals surface area contributed by atoms with Gasteiger partial charge in [0.15, 0.2) is 0 Å². The second kappa shape index (κ2) is 13.2. The number of amides is 4. The van der Waals surface area contributed by atoms with Crippen LogP contribution in [0.5, 0.6) is 11.5 Å². The van der Waals surface area contributed by atoms with Gasteiger partial charge in [-0.05, 0) is 79.1 Å². The van der Waals surface area contributed by atoms with Crippen molar-refractivity contribution in [3.05, 3.63) is 84.2 Å². The molecule has 48 heavy (non-hydrogen) atoms. The second-order valence-corrected chi connectivity index (χ2v) is 12.5. The van der Waals surface area contributed by atoms with Crippen LogP contribution in [0.2, 0.25) is 0 Å². The average Bonchev–Trinajstić information content (AvgIpc) is 3.67. The third kappa shape index (κ3) is 6.45. The molecule has 7 rings (SSSR count). The lowest BCUT2D eigenvalue weighted by atomic mass is 10.0. The number of nitrogens with zero attached hydrogens (tertiary/aromatic N) is 4. The lowest BCUT2D eigenvalue weighted by Crippen LogP contribution is -2.52. The number of rotatable bonds is 10. The maximum Gasteiger partial charge on any atom is 0.255 e. The van der Waals surface area contributed by atoms with Crippen LogP contribution in [0, 0.1) is 0 Å². The molecule has 2 aliphatic rings. The van der Waals surface area contributed by atoms with Gasteiger partial charge in [-0.15, -0.1) is 11.3 Å². The van der Waals surface area contributed by atoms with Crippen LogP contribution >= 0.6 is 11.3 Å². The Kier molecular flexibility index (Phi) is 8.51. The number of thiazole rings is 1. The van der Waals surface area contributed by atoms with Crippen molar-refractivity contribution < 1.29 is 28.7 Å². The second-order valence-electron chi connectivity index (χ2n) is 11.4. The normalized spacial score (nSPS) is 15.7. The van der Waals surface area contributed by atoms with Crippen LogP contribution in [0.1, 0.15) is 41.6 Å². The van der Waals surface area contributed by atoms with Gasteiger partial charge in [-0.25, -0.2) is 9.97 Å². The molecule has 0 radical (unpaired) electrons. The van der Waals surface area contributed by atoms with Gasteiger partial charge in [0.25, 0.3) is 5.91 Å². The molecule has 1 fully saturated rings. The van der Waals surface area contributed by atoms with Gasteiger partial charge in [0.1, 0.15) is 28.4 Å². The van der Waals surface area contributed by atoms with Crippen LogP contribution in [-0.2, 0) is 20.9 Å². The lowest BCUT2D eigenvalue weighted by molar-refractivity contribution is -0.137. The molecule has 2 aromatic carbocycles. The molecular weight excluding hydrogens is 632 g/mol. The number of pyridine rings is 2. The van der Waals surface area contributed by atoms with Gasteiger partial charge < -0.3 is 19.7 Å². The van der Waals surface area contributed by atoms with Gasteiger partial charge >= 0.3 is 0 Å². The summed E-state index contributed by atoms with van der Waals surface area (Å²) in [4.78, 5) is 64.4. The molecule has 1 atom stereocenters. The molecule has 2 aliphatic heterocycles. The zero-order valence-corrected chi connectivity index (χ0v) is 26.7. The van der Waals surface area contributed by atoms with E-state index in [9.17, 15) is 19.2 Å². The summed E-state index contributed by atoms with van der Waals surface area (Å²) >= 11 is 1.58. The lowest BCUT2D eigenvalue weighted by Gasteiger charge is -2.29. The van der Waals surface area contributed by atoms with Crippen molar-refractivity contribution in [2.45, 2.75) is 38.3 Å². The van der Waals surface area contributed by atoms with Crippen LogP contribution in [0.15, 0.2) is 73.1 Å². The van der Waals surface area contributed by atoms with E-state index in [1.54, 1.807) is 55.1 Å². The molecular formula is C35H30N6O6S. The van der Waals surface area contributed by atoms with E-state index in [0.717, 1.165) is 43.4 Å². The summed E-state index contributed by atoms with van der Waals surface area (Å²) in [6, 6.07) is 17.8. The first-order chi connectivity index (χ1) is 23.3. The van der Waals surface area contributed by atoms with Gasteiger partial charge in [-0.1, -0.05) is 0 Å². The molecule has 242 valence electrons. The molecule has 5 aromatic rings. The molecule has 5 heterocycles. The fourth-order valence-electron chi connectivity index (χ4n) is 5.73. The Bertz CT molecular complexity index is 2050. The van der Waals surface area contributed by atoms with Crippen LogP contribution < -0.4 is 20.1 Å². The van der Waals surface area contributed by atoms with E-state index in [1.165, 1.54) is 4.90 Å². The van der Waals surface area contributed by atoms with E-state index in [2.05, 4.69) is 20.6 Å². The number of imide groups is 1. The van der Waals surface area contributed by atoms with E-state index < -0.39 is 11.9 Å². The maximum atomic E-state index is 12.9. The summed E-state index contributed by atoms with van der Waals surface area (Å²) < 4.78 is 12.2. The summed E-state index contributed by atoms with van der Waals surface area (Å²) in [5.41, 5.74) is 4.68. The summed E-state index contributed by atoms with van der Waals surface area (Å²) in [6.45, 7) is 0.573. The fourth-order valence-corrected chi connectivity index (χ4v) is 6.72. The monoisotopic (exact) mass is 662 g/mol. The van der Waals surface area contributed by atoms with Crippen molar-refractivity contribution in [2.24, 2.45) is 0 Å². The van der Waals surface area contributed by atoms with Gasteiger partial charge in [-0.2, -0.15) is 0 Å². The smallest absolute Gasteiger partial charge is 0.255 e.